The number of Topliss-reactive ketones (excluding diaryl/α,β-unsaturated/α-hetero) is 1. The van der Waals surface area contributed by atoms with E-state index < -0.39 is 27.7 Å². The van der Waals surface area contributed by atoms with Gasteiger partial charge in [0.25, 0.3) is 10.0 Å². The van der Waals surface area contributed by atoms with E-state index in [9.17, 15) is 22.8 Å². The van der Waals surface area contributed by atoms with E-state index in [1.54, 1.807) is 36.4 Å². The second-order valence-electron chi connectivity index (χ2n) is 7.32. The fourth-order valence-electron chi connectivity index (χ4n) is 3.52. The summed E-state index contributed by atoms with van der Waals surface area (Å²) >= 11 is 0. The SMILES string of the molecule is CC(=O)Oc1ccccc1C(=O)OC1=C(C(=O)c2ccccc2)N(C)S(=O)(=O)c2ccccc21. The number of fused-ring (bicyclic) bond motifs is 1. The predicted molar refractivity (Wildman–Crippen MR) is 122 cm³/mol. The predicted octanol–water partition coefficient (Wildman–Crippen LogP) is 3.65. The molecule has 0 saturated heterocycles. The molecular weight excluding hydrogens is 458 g/mol. The van der Waals surface area contributed by atoms with Crippen LogP contribution in [0.5, 0.6) is 5.75 Å². The van der Waals surface area contributed by atoms with Crippen LogP contribution < -0.4 is 4.74 Å². The van der Waals surface area contributed by atoms with E-state index >= 15 is 0 Å². The molecule has 1 heterocycles. The van der Waals surface area contributed by atoms with Gasteiger partial charge in [-0.15, -0.1) is 0 Å². The van der Waals surface area contributed by atoms with Crippen LogP contribution in [0.4, 0.5) is 0 Å². The van der Waals surface area contributed by atoms with Crippen molar-refractivity contribution in [3.05, 3.63) is 101 Å². The summed E-state index contributed by atoms with van der Waals surface area (Å²) in [6, 6.07) is 19.9. The maximum Gasteiger partial charge on any atom is 0.347 e. The Kier molecular flexibility index (Phi) is 6.04. The Morgan fingerprint density at radius 2 is 1.41 bits per heavy atom. The molecule has 0 fully saturated rings. The lowest BCUT2D eigenvalue weighted by molar-refractivity contribution is -0.131. The van der Waals surface area contributed by atoms with Gasteiger partial charge in [-0.3, -0.25) is 13.9 Å². The minimum absolute atomic E-state index is 0.0263. The third-order valence-corrected chi connectivity index (χ3v) is 6.92. The molecule has 0 amide bonds. The average molecular weight is 477 g/mol. The Bertz CT molecular complexity index is 1440. The van der Waals surface area contributed by atoms with E-state index in [1.165, 1.54) is 56.4 Å². The molecule has 0 radical (unpaired) electrons. The van der Waals surface area contributed by atoms with Crippen LogP contribution in [-0.4, -0.2) is 37.5 Å². The molecule has 4 rings (SSSR count). The summed E-state index contributed by atoms with van der Waals surface area (Å²) in [5, 5.41) is 0. The van der Waals surface area contributed by atoms with Crippen LogP contribution in [0.15, 0.2) is 89.5 Å². The maximum absolute atomic E-state index is 13.4. The summed E-state index contributed by atoms with van der Waals surface area (Å²) in [4.78, 5) is 37.9. The molecule has 0 unspecified atom stereocenters. The van der Waals surface area contributed by atoms with Gasteiger partial charge >= 0.3 is 11.9 Å². The fraction of sp³-hybridized carbons (Fsp3) is 0.0800. The summed E-state index contributed by atoms with van der Waals surface area (Å²) in [5.41, 5.74) is -0.0977. The number of benzene rings is 3. The first-order valence-electron chi connectivity index (χ1n) is 10.1. The molecule has 0 N–H and O–H groups in total. The van der Waals surface area contributed by atoms with Crippen molar-refractivity contribution in [2.24, 2.45) is 0 Å². The van der Waals surface area contributed by atoms with Gasteiger partial charge < -0.3 is 9.47 Å². The van der Waals surface area contributed by atoms with Crippen LogP contribution in [-0.2, 0) is 19.6 Å². The number of ether oxygens (including phenoxy) is 2. The molecule has 0 aromatic heterocycles. The smallest absolute Gasteiger partial charge is 0.347 e. The van der Waals surface area contributed by atoms with Gasteiger partial charge in [0.2, 0.25) is 5.78 Å². The molecule has 1 aliphatic heterocycles. The molecule has 9 heteroatoms. The van der Waals surface area contributed by atoms with Gasteiger partial charge in [0.05, 0.1) is 4.90 Å². The van der Waals surface area contributed by atoms with Crippen molar-refractivity contribution in [2.75, 3.05) is 7.05 Å². The molecular formula is C25H19NO7S. The van der Waals surface area contributed by atoms with E-state index in [4.69, 9.17) is 9.47 Å². The molecule has 0 aliphatic carbocycles. The van der Waals surface area contributed by atoms with Crippen molar-refractivity contribution >= 4 is 33.5 Å². The first-order chi connectivity index (χ1) is 16.2. The van der Waals surface area contributed by atoms with Gasteiger partial charge in [-0.1, -0.05) is 54.6 Å². The van der Waals surface area contributed by atoms with Crippen LogP contribution >= 0.6 is 0 Å². The van der Waals surface area contributed by atoms with Crippen molar-refractivity contribution in [3.8, 4) is 5.75 Å². The third-order valence-electron chi connectivity index (χ3n) is 5.11. The minimum atomic E-state index is -4.09. The van der Waals surface area contributed by atoms with Gasteiger partial charge in [-0.25, -0.2) is 13.2 Å². The van der Waals surface area contributed by atoms with E-state index in [2.05, 4.69) is 0 Å². The molecule has 172 valence electrons. The number of esters is 2. The molecule has 3 aromatic carbocycles. The molecule has 1 aliphatic rings. The van der Waals surface area contributed by atoms with Gasteiger partial charge in [-0.2, -0.15) is 0 Å². The monoisotopic (exact) mass is 477 g/mol. The quantitative estimate of drug-likeness (QED) is 0.314. The Balaban J connectivity index is 1.90. The van der Waals surface area contributed by atoms with Crippen molar-refractivity contribution in [1.82, 2.24) is 4.31 Å². The summed E-state index contributed by atoms with van der Waals surface area (Å²) in [6.45, 7) is 1.19. The fourth-order valence-corrected chi connectivity index (χ4v) is 4.91. The van der Waals surface area contributed by atoms with Gasteiger partial charge in [0.1, 0.15) is 17.0 Å². The number of ketones is 1. The van der Waals surface area contributed by atoms with Crippen molar-refractivity contribution in [2.45, 2.75) is 11.8 Å². The van der Waals surface area contributed by atoms with E-state index in [0.717, 1.165) is 4.31 Å². The number of carbonyl (C=O) groups is 3. The number of hydrogen-bond acceptors (Lipinski definition) is 7. The first-order valence-corrected chi connectivity index (χ1v) is 11.6. The second kappa shape index (κ2) is 8.95. The number of rotatable bonds is 5. The molecule has 3 aromatic rings. The zero-order chi connectivity index (χ0) is 24.5. The Hall–Kier alpha value is -4.24. The molecule has 0 saturated carbocycles. The maximum atomic E-state index is 13.4. The number of nitrogens with zero attached hydrogens (tertiary/aromatic N) is 1. The summed E-state index contributed by atoms with van der Waals surface area (Å²) in [7, 11) is -2.86. The molecule has 0 spiro atoms. The number of carbonyl (C=O) groups excluding carboxylic acids is 3. The van der Waals surface area contributed by atoms with Crippen LogP contribution in [0, 0.1) is 0 Å². The molecule has 0 bridgehead atoms. The average Bonchev–Trinajstić information content (AvgIpc) is 2.83. The number of hydrogen-bond donors (Lipinski definition) is 0. The summed E-state index contributed by atoms with van der Waals surface area (Å²) in [6.07, 6.45) is 0. The third kappa shape index (κ3) is 4.08. The van der Waals surface area contributed by atoms with Crippen molar-refractivity contribution < 1.29 is 32.3 Å². The normalized spacial score (nSPS) is 14.2. The highest BCUT2D eigenvalue weighted by atomic mass is 32.2. The van der Waals surface area contributed by atoms with Crippen LogP contribution in [0.2, 0.25) is 0 Å². The Morgan fingerprint density at radius 1 is 0.794 bits per heavy atom. The highest BCUT2D eigenvalue weighted by Crippen LogP contribution is 2.38. The number of allylic oxidation sites excluding steroid dienone is 1. The number of sulfonamides is 1. The topological polar surface area (TPSA) is 107 Å². The van der Waals surface area contributed by atoms with Crippen LogP contribution in [0.25, 0.3) is 5.76 Å². The van der Waals surface area contributed by atoms with Crippen molar-refractivity contribution in [3.63, 3.8) is 0 Å². The summed E-state index contributed by atoms with van der Waals surface area (Å²) in [5.74, 6) is -2.44. The lowest BCUT2D eigenvalue weighted by Crippen LogP contribution is -2.36. The first kappa shape index (κ1) is 22.9. The molecule has 0 atom stereocenters. The zero-order valence-electron chi connectivity index (χ0n) is 18.2. The largest absolute Gasteiger partial charge is 0.426 e. The minimum Gasteiger partial charge on any atom is -0.426 e. The van der Waals surface area contributed by atoms with Gasteiger partial charge in [0.15, 0.2) is 5.76 Å². The molecule has 34 heavy (non-hydrogen) atoms. The van der Waals surface area contributed by atoms with Crippen LogP contribution in [0.1, 0.15) is 33.2 Å². The Labute approximate surface area is 196 Å². The van der Waals surface area contributed by atoms with Crippen molar-refractivity contribution in [1.29, 1.82) is 0 Å². The highest BCUT2D eigenvalue weighted by Gasteiger charge is 2.40. The highest BCUT2D eigenvalue weighted by molar-refractivity contribution is 7.89. The summed E-state index contributed by atoms with van der Waals surface area (Å²) < 4.78 is 37.9. The van der Waals surface area contributed by atoms with Crippen LogP contribution in [0.3, 0.4) is 0 Å². The van der Waals surface area contributed by atoms with E-state index in [0.29, 0.717) is 0 Å². The lowest BCUT2D eigenvalue weighted by Gasteiger charge is -2.30. The number of likely N-dealkylation sites (N-methyl/N-ethyl adjacent to an activating group) is 1. The van der Waals surface area contributed by atoms with Gasteiger partial charge in [0, 0.05) is 25.1 Å². The van der Waals surface area contributed by atoms with Gasteiger partial charge in [-0.05, 0) is 24.3 Å². The zero-order valence-corrected chi connectivity index (χ0v) is 19.0. The second-order valence-corrected chi connectivity index (χ2v) is 9.26. The van der Waals surface area contributed by atoms with E-state index in [-0.39, 0.29) is 38.8 Å². The lowest BCUT2D eigenvalue weighted by atomic mass is 10.0. The Morgan fingerprint density at radius 3 is 2.12 bits per heavy atom. The molecule has 8 nitrogen and oxygen atoms in total. The number of para-hydroxylation sites is 1. The standard InChI is InChI=1S/C25H19NO7S/c1-16(27)32-20-14-8-6-12-18(20)25(29)33-24-19-13-7-9-15-21(19)34(30,31)26(2)22(24)23(28)17-10-4-3-5-11-17/h3-15H,1-2H3. The van der Waals surface area contributed by atoms with E-state index in [1.807, 2.05) is 0 Å².